The molecule has 0 aromatic heterocycles. The van der Waals surface area contributed by atoms with E-state index in [0.717, 1.165) is 11.8 Å². The van der Waals surface area contributed by atoms with Crippen LogP contribution < -0.4 is 0 Å². The molecule has 0 saturated heterocycles. The molecule has 0 heterocycles. The van der Waals surface area contributed by atoms with Gasteiger partial charge in [0.15, 0.2) is 0 Å². The summed E-state index contributed by atoms with van der Waals surface area (Å²) in [4.78, 5) is 0. The average molecular weight is 339 g/mol. The second-order valence-electron chi connectivity index (χ2n) is 8.81. The molecule has 0 aliphatic rings. The zero-order valence-corrected chi connectivity index (χ0v) is 17.9. The zero-order chi connectivity index (χ0) is 17.9. The van der Waals surface area contributed by atoms with Gasteiger partial charge in [0.05, 0.1) is 0 Å². The van der Waals surface area contributed by atoms with Gasteiger partial charge in [-0.25, -0.2) is 0 Å². The third-order valence-electron chi connectivity index (χ3n) is 5.53. The minimum absolute atomic E-state index is 0.887. The smallest absolute Gasteiger partial charge is 0.0443 e. The molecule has 0 spiro atoms. The lowest BCUT2D eigenvalue weighted by molar-refractivity contribution is 0.417. The number of rotatable bonds is 19. The molecule has 1 unspecified atom stereocenters. The third kappa shape index (κ3) is 20.0. The molecule has 0 aliphatic heterocycles. The third-order valence-corrected chi connectivity index (χ3v) is 5.53. The van der Waals surface area contributed by atoms with Gasteiger partial charge in [0.1, 0.15) is 0 Å². The summed E-state index contributed by atoms with van der Waals surface area (Å²) in [6, 6.07) is 0. The Morgan fingerprint density at radius 1 is 0.417 bits per heavy atom. The maximum Gasteiger partial charge on any atom is -0.0443 e. The van der Waals surface area contributed by atoms with Crippen LogP contribution in [0.2, 0.25) is 0 Å². The van der Waals surface area contributed by atoms with Crippen LogP contribution >= 0.6 is 0 Å². The average Bonchev–Trinajstić information content (AvgIpc) is 2.55. The first kappa shape index (κ1) is 24.0. The molecule has 0 fully saturated rings. The lowest BCUT2D eigenvalue weighted by atomic mass is 9.95. The topological polar surface area (TPSA) is 0 Å². The molecule has 0 saturated carbocycles. The summed E-state index contributed by atoms with van der Waals surface area (Å²) in [5.74, 6) is 1.85. The van der Waals surface area contributed by atoms with Crippen molar-refractivity contribution in [3.8, 4) is 0 Å². The van der Waals surface area contributed by atoms with E-state index in [-0.39, 0.29) is 0 Å². The van der Waals surface area contributed by atoms with Crippen molar-refractivity contribution >= 4 is 0 Å². The Hall–Kier alpha value is 0. The van der Waals surface area contributed by atoms with Gasteiger partial charge in [-0.05, 0) is 11.8 Å². The molecule has 0 bridgehead atoms. The zero-order valence-electron chi connectivity index (χ0n) is 17.9. The van der Waals surface area contributed by atoms with Crippen LogP contribution in [0.15, 0.2) is 0 Å². The van der Waals surface area contributed by atoms with E-state index >= 15 is 0 Å². The normalized spacial score (nSPS) is 12.9. The van der Waals surface area contributed by atoms with E-state index in [1.807, 2.05) is 0 Å². The Morgan fingerprint density at radius 2 is 0.792 bits per heavy atom. The minimum Gasteiger partial charge on any atom is -0.0654 e. The predicted molar refractivity (Wildman–Crippen MR) is 113 cm³/mol. The van der Waals surface area contributed by atoms with Gasteiger partial charge in [-0.2, -0.15) is 0 Å². The molecule has 0 amide bonds. The van der Waals surface area contributed by atoms with Crippen molar-refractivity contribution < 1.29 is 0 Å². The summed E-state index contributed by atoms with van der Waals surface area (Å²) >= 11 is 0. The molecular formula is C24H50. The van der Waals surface area contributed by atoms with Crippen molar-refractivity contribution in [1.82, 2.24) is 0 Å². The molecule has 0 nitrogen and oxygen atoms in total. The first-order valence-electron chi connectivity index (χ1n) is 11.7. The Labute approximate surface area is 155 Å². The second-order valence-corrected chi connectivity index (χ2v) is 8.81. The Morgan fingerprint density at radius 3 is 1.21 bits per heavy atom. The molecule has 0 N–H and O–H groups in total. The Bertz CT molecular complexity index is 218. The van der Waals surface area contributed by atoms with E-state index < -0.39 is 0 Å². The highest BCUT2D eigenvalue weighted by Gasteiger charge is 2.03. The van der Waals surface area contributed by atoms with Gasteiger partial charge in [0.25, 0.3) is 0 Å². The van der Waals surface area contributed by atoms with Crippen LogP contribution in [-0.2, 0) is 0 Å². The van der Waals surface area contributed by atoms with E-state index in [2.05, 4.69) is 27.7 Å². The van der Waals surface area contributed by atoms with Gasteiger partial charge in [-0.1, -0.05) is 143 Å². The first-order chi connectivity index (χ1) is 11.7. The van der Waals surface area contributed by atoms with Gasteiger partial charge in [-0.15, -0.1) is 0 Å². The van der Waals surface area contributed by atoms with Crippen molar-refractivity contribution in [3.63, 3.8) is 0 Å². The largest absolute Gasteiger partial charge is 0.0654 e. The summed E-state index contributed by atoms with van der Waals surface area (Å²) < 4.78 is 0. The highest BCUT2D eigenvalue weighted by molar-refractivity contribution is 4.56. The maximum atomic E-state index is 2.46. The lowest BCUT2D eigenvalue weighted by Crippen LogP contribution is -1.96. The van der Waals surface area contributed by atoms with Crippen molar-refractivity contribution in [2.75, 3.05) is 0 Å². The summed E-state index contributed by atoms with van der Waals surface area (Å²) in [5.41, 5.74) is 0. The van der Waals surface area contributed by atoms with Crippen LogP contribution in [0.3, 0.4) is 0 Å². The number of hydrogen-bond acceptors (Lipinski definition) is 0. The predicted octanol–water partition coefficient (Wildman–Crippen LogP) is 9.32. The monoisotopic (exact) mass is 338 g/mol. The van der Waals surface area contributed by atoms with E-state index in [9.17, 15) is 0 Å². The Balaban J connectivity index is 3.09. The fraction of sp³-hybridized carbons (Fsp3) is 1.00. The molecule has 0 rings (SSSR count). The van der Waals surface area contributed by atoms with Crippen LogP contribution in [0.5, 0.6) is 0 Å². The SMILES string of the molecule is CCCCCCCCCCCCCCCCC(C)CCCC(C)C. The quantitative estimate of drug-likeness (QED) is 0.206. The van der Waals surface area contributed by atoms with Crippen molar-refractivity contribution in [2.24, 2.45) is 11.8 Å². The highest BCUT2D eigenvalue weighted by Crippen LogP contribution is 2.19. The highest BCUT2D eigenvalue weighted by atomic mass is 14.1. The molecule has 0 aromatic carbocycles. The fourth-order valence-corrected chi connectivity index (χ4v) is 3.71. The standard InChI is InChI=1S/C24H50/c1-5-6-7-8-9-10-11-12-13-14-15-16-17-18-21-24(4)22-19-20-23(2)3/h23-24H,5-22H2,1-4H3. The molecule has 1 atom stereocenters. The fourth-order valence-electron chi connectivity index (χ4n) is 3.71. The van der Waals surface area contributed by atoms with Gasteiger partial charge in [0.2, 0.25) is 0 Å². The maximum absolute atomic E-state index is 2.46. The molecule has 0 aromatic rings. The van der Waals surface area contributed by atoms with Crippen LogP contribution in [0.25, 0.3) is 0 Å². The number of hydrogen-bond donors (Lipinski definition) is 0. The van der Waals surface area contributed by atoms with E-state index in [0.29, 0.717) is 0 Å². The van der Waals surface area contributed by atoms with Crippen LogP contribution in [0.4, 0.5) is 0 Å². The number of unbranched alkanes of at least 4 members (excludes halogenated alkanes) is 13. The molecular weight excluding hydrogens is 288 g/mol. The molecule has 146 valence electrons. The van der Waals surface area contributed by atoms with Crippen molar-refractivity contribution in [1.29, 1.82) is 0 Å². The van der Waals surface area contributed by atoms with Crippen LogP contribution in [0, 0.1) is 11.8 Å². The lowest BCUT2D eigenvalue weighted by Gasteiger charge is -2.12. The second kappa shape index (κ2) is 19.3. The first-order valence-corrected chi connectivity index (χ1v) is 11.7. The van der Waals surface area contributed by atoms with Gasteiger partial charge >= 0.3 is 0 Å². The van der Waals surface area contributed by atoms with Crippen LogP contribution in [0.1, 0.15) is 143 Å². The van der Waals surface area contributed by atoms with E-state index in [1.54, 1.807) is 0 Å². The summed E-state index contributed by atoms with van der Waals surface area (Å²) in [5, 5.41) is 0. The molecule has 0 heteroatoms. The van der Waals surface area contributed by atoms with Crippen molar-refractivity contribution in [3.05, 3.63) is 0 Å². The van der Waals surface area contributed by atoms with Gasteiger partial charge < -0.3 is 0 Å². The summed E-state index contributed by atoms with van der Waals surface area (Å²) in [6.07, 6.45) is 26.4. The molecule has 0 radical (unpaired) electrons. The van der Waals surface area contributed by atoms with Gasteiger partial charge in [-0.3, -0.25) is 0 Å². The summed E-state index contributed by atoms with van der Waals surface area (Å²) in [7, 11) is 0. The van der Waals surface area contributed by atoms with Crippen molar-refractivity contribution in [2.45, 2.75) is 143 Å². The Kier molecular flexibility index (Phi) is 19.3. The summed E-state index contributed by atoms with van der Waals surface area (Å²) in [6.45, 7) is 9.45. The molecule has 24 heavy (non-hydrogen) atoms. The van der Waals surface area contributed by atoms with E-state index in [4.69, 9.17) is 0 Å². The van der Waals surface area contributed by atoms with E-state index in [1.165, 1.54) is 116 Å². The van der Waals surface area contributed by atoms with Crippen LogP contribution in [-0.4, -0.2) is 0 Å². The minimum atomic E-state index is 0.887. The van der Waals surface area contributed by atoms with Gasteiger partial charge in [0, 0.05) is 0 Å². The molecule has 0 aliphatic carbocycles.